The van der Waals surface area contributed by atoms with Gasteiger partial charge in [-0.25, -0.2) is 0 Å². The third kappa shape index (κ3) is 32.9. The van der Waals surface area contributed by atoms with E-state index < -0.39 is 17.9 Å². The van der Waals surface area contributed by atoms with Crippen molar-refractivity contribution in [1.82, 2.24) is 9.80 Å². The highest BCUT2D eigenvalue weighted by atomic mass is 16.6. The van der Waals surface area contributed by atoms with Gasteiger partial charge >= 0.3 is 17.9 Å². The lowest BCUT2D eigenvalue weighted by Crippen LogP contribution is -2.45. The molecule has 0 aromatic carbocycles. The van der Waals surface area contributed by atoms with Crippen molar-refractivity contribution in [3.8, 4) is 0 Å². The maximum atomic E-state index is 13.2. The Labute approximate surface area is 383 Å². The molecular weight excluding hydrogens is 777 g/mol. The van der Waals surface area contributed by atoms with Gasteiger partial charge in [0.05, 0.1) is 26.4 Å². The number of esters is 3. The molecule has 0 bridgehead atoms. The van der Waals surface area contributed by atoms with E-state index in [1.54, 1.807) is 0 Å². The zero-order valence-corrected chi connectivity index (χ0v) is 41.4. The summed E-state index contributed by atoms with van der Waals surface area (Å²) in [5.41, 5.74) is 0. The minimum absolute atomic E-state index is 0.0451. The SMILES string of the molecule is CCCCCCCCOC(=O)C(CCCCN(CCN(CCO)CCCCCC(=O)OCC(CCCCCC)CCCCCCCC)C1CCC1)C(=O)OCCCCCCCC. The molecule has 0 spiro atoms. The average molecular weight is 879 g/mol. The van der Waals surface area contributed by atoms with Gasteiger partial charge in [0, 0.05) is 32.1 Å². The Morgan fingerprint density at radius 2 is 0.968 bits per heavy atom. The second kappa shape index (κ2) is 43.2. The van der Waals surface area contributed by atoms with Crippen LogP contribution in [-0.4, -0.2) is 98.0 Å². The van der Waals surface area contributed by atoms with Gasteiger partial charge in [0.1, 0.15) is 0 Å². The Hall–Kier alpha value is -1.71. The third-order valence-corrected chi connectivity index (χ3v) is 13.2. The molecule has 1 fully saturated rings. The van der Waals surface area contributed by atoms with Crippen molar-refractivity contribution in [1.29, 1.82) is 0 Å². The summed E-state index contributed by atoms with van der Waals surface area (Å²) in [5.74, 6) is -1.23. The average Bonchev–Trinajstić information content (AvgIpc) is 3.25. The van der Waals surface area contributed by atoms with Crippen molar-refractivity contribution in [3.63, 3.8) is 0 Å². The number of carbonyl (C=O) groups excluding carboxylic acids is 3. The number of aliphatic hydroxyl groups excluding tert-OH is 1. The van der Waals surface area contributed by atoms with Crippen LogP contribution in [-0.2, 0) is 28.6 Å². The summed E-state index contributed by atoms with van der Waals surface area (Å²) < 4.78 is 17.1. The topological polar surface area (TPSA) is 106 Å². The summed E-state index contributed by atoms with van der Waals surface area (Å²) in [6, 6.07) is 0.583. The van der Waals surface area contributed by atoms with Crippen LogP contribution in [0.1, 0.15) is 246 Å². The van der Waals surface area contributed by atoms with Crippen molar-refractivity contribution >= 4 is 17.9 Å². The first-order chi connectivity index (χ1) is 30.4. The number of unbranched alkanes of at least 4 members (excludes halogenated alkanes) is 21. The van der Waals surface area contributed by atoms with E-state index in [9.17, 15) is 19.5 Å². The van der Waals surface area contributed by atoms with Gasteiger partial charge in [-0.15, -0.1) is 0 Å². The molecule has 9 heteroatoms. The fraction of sp³-hybridized carbons (Fsp3) is 0.943. The first kappa shape index (κ1) is 58.3. The quantitative estimate of drug-likeness (QED) is 0.0277. The standard InChI is InChI=1S/C53H102N2O7/c1-5-9-13-17-20-25-34-48(33-24-16-12-8-4)47-62-51(57)38-26-23-28-39-54(43-44-56)41-42-55(49-35-32-36-49)40-29-27-37-50(52(58)60-45-30-21-18-14-10-6-2)53(59)61-46-31-22-19-15-11-7-3/h48-50,56H,5-47H2,1-4H3. The molecule has 0 amide bonds. The maximum Gasteiger partial charge on any atom is 0.320 e. The molecule has 0 aromatic rings. The number of hydrogen-bond acceptors (Lipinski definition) is 9. The van der Waals surface area contributed by atoms with Gasteiger partial charge in [0.25, 0.3) is 0 Å². The molecule has 62 heavy (non-hydrogen) atoms. The van der Waals surface area contributed by atoms with Crippen molar-refractivity contribution < 1.29 is 33.7 Å². The van der Waals surface area contributed by atoms with Crippen LogP contribution in [0.5, 0.6) is 0 Å². The number of hydrogen-bond donors (Lipinski definition) is 1. The smallest absolute Gasteiger partial charge is 0.320 e. The van der Waals surface area contributed by atoms with E-state index in [4.69, 9.17) is 14.2 Å². The van der Waals surface area contributed by atoms with E-state index in [1.807, 2.05) is 0 Å². The van der Waals surface area contributed by atoms with Crippen LogP contribution in [0.3, 0.4) is 0 Å². The van der Waals surface area contributed by atoms with E-state index in [0.29, 0.717) is 51.2 Å². The molecule has 0 aromatic heterocycles. The third-order valence-electron chi connectivity index (χ3n) is 13.2. The second-order valence-electron chi connectivity index (χ2n) is 18.9. The van der Waals surface area contributed by atoms with Crippen LogP contribution in [0.15, 0.2) is 0 Å². The number of rotatable bonds is 47. The molecule has 1 unspecified atom stereocenters. The van der Waals surface area contributed by atoms with Crippen LogP contribution in [0.25, 0.3) is 0 Å². The van der Waals surface area contributed by atoms with Crippen LogP contribution >= 0.6 is 0 Å². The zero-order chi connectivity index (χ0) is 45.1. The molecule has 1 aliphatic rings. The lowest BCUT2D eigenvalue weighted by atomic mass is 9.91. The van der Waals surface area contributed by atoms with Gasteiger partial charge in [0.15, 0.2) is 5.92 Å². The summed E-state index contributed by atoms with van der Waals surface area (Å²) in [7, 11) is 0. The lowest BCUT2D eigenvalue weighted by molar-refractivity contribution is -0.162. The normalized spacial score (nSPS) is 13.5. The highest BCUT2D eigenvalue weighted by Gasteiger charge is 2.30. The van der Waals surface area contributed by atoms with Gasteiger partial charge in [-0.05, 0) is 83.2 Å². The Morgan fingerprint density at radius 3 is 1.48 bits per heavy atom. The summed E-state index contributed by atoms with van der Waals surface area (Å²) >= 11 is 0. The van der Waals surface area contributed by atoms with Crippen molar-refractivity contribution in [2.24, 2.45) is 11.8 Å². The largest absolute Gasteiger partial charge is 0.465 e. The van der Waals surface area contributed by atoms with Crippen molar-refractivity contribution in [3.05, 3.63) is 0 Å². The Kier molecular flexibility index (Phi) is 40.6. The second-order valence-corrected chi connectivity index (χ2v) is 18.9. The highest BCUT2D eigenvalue weighted by molar-refractivity contribution is 5.94. The number of ether oxygens (including phenoxy) is 3. The maximum absolute atomic E-state index is 13.2. The van der Waals surface area contributed by atoms with E-state index in [2.05, 4.69) is 37.5 Å². The van der Waals surface area contributed by atoms with Gasteiger partial charge in [-0.3, -0.25) is 24.2 Å². The first-order valence-electron chi connectivity index (χ1n) is 27.0. The molecule has 9 nitrogen and oxygen atoms in total. The minimum Gasteiger partial charge on any atom is -0.465 e. The molecule has 1 rings (SSSR count). The lowest BCUT2D eigenvalue weighted by Gasteiger charge is -2.39. The molecule has 1 atom stereocenters. The van der Waals surface area contributed by atoms with Crippen LogP contribution in [0.2, 0.25) is 0 Å². The highest BCUT2D eigenvalue weighted by Crippen LogP contribution is 2.26. The fourth-order valence-electron chi connectivity index (χ4n) is 8.73. The van der Waals surface area contributed by atoms with Crippen LogP contribution in [0, 0.1) is 11.8 Å². The molecule has 1 aliphatic carbocycles. The Balaban J connectivity index is 2.53. The molecule has 0 saturated heterocycles. The monoisotopic (exact) mass is 879 g/mol. The summed E-state index contributed by atoms with van der Waals surface area (Å²) in [6.07, 6.45) is 37.8. The first-order valence-corrected chi connectivity index (χ1v) is 27.0. The van der Waals surface area contributed by atoms with E-state index >= 15 is 0 Å². The number of carbonyl (C=O) groups is 3. The predicted molar refractivity (Wildman–Crippen MR) is 258 cm³/mol. The van der Waals surface area contributed by atoms with E-state index in [1.165, 1.54) is 135 Å². The summed E-state index contributed by atoms with van der Waals surface area (Å²) in [5, 5.41) is 9.88. The van der Waals surface area contributed by atoms with Crippen molar-refractivity contribution in [2.45, 2.75) is 252 Å². The van der Waals surface area contributed by atoms with Crippen LogP contribution in [0.4, 0.5) is 0 Å². The molecule has 366 valence electrons. The fourth-order valence-corrected chi connectivity index (χ4v) is 8.73. The zero-order valence-electron chi connectivity index (χ0n) is 41.4. The minimum atomic E-state index is -0.846. The molecular formula is C53H102N2O7. The molecule has 0 radical (unpaired) electrons. The number of aliphatic hydroxyl groups is 1. The molecule has 0 aliphatic heterocycles. The van der Waals surface area contributed by atoms with E-state index in [0.717, 1.165) is 96.8 Å². The van der Waals surface area contributed by atoms with Gasteiger partial charge in [-0.1, -0.05) is 175 Å². The van der Waals surface area contributed by atoms with Crippen molar-refractivity contribution in [2.75, 3.05) is 59.2 Å². The molecule has 1 N–H and O–H groups in total. The van der Waals surface area contributed by atoms with Crippen LogP contribution < -0.4 is 0 Å². The summed E-state index contributed by atoms with van der Waals surface area (Å²) in [6.45, 7) is 14.7. The molecule has 0 heterocycles. The Bertz CT molecular complexity index is 994. The Morgan fingerprint density at radius 1 is 0.500 bits per heavy atom. The summed E-state index contributed by atoms with van der Waals surface area (Å²) in [4.78, 5) is 44.1. The van der Waals surface area contributed by atoms with E-state index in [-0.39, 0.29) is 12.6 Å². The van der Waals surface area contributed by atoms with Gasteiger partial charge in [0.2, 0.25) is 0 Å². The van der Waals surface area contributed by atoms with Gasteiger partial charge in [-0.2, -0.15) is 0 Å². The predicted octanol–water partition coefficient (Wildman–Crippen LogP) is 13.2. The number of nitrogens with zero attached hydrogens (tertiary/aromatic N) is 2. The van der Waals surface area contributed by atoms with Gasteiger partial charge < -0.3 is 19.3 Å². The molecule has 1 saturated carbocycles.